The number of thioether (sulfide) groups is 1. The van der Waals surface area contributed by atoms with Crippen molar-refractivity contribution in [3.63, 3.8) is 0 Å². The molecule has 1 aliphatic heterocycles. The van der Waals surface area contributed by atoms with Crippen LogP contribution in [0, 0.1) is 0 Å². The minimum Gasteiger partial charge on any atom is -0.508 e. The minimum absolute atomic E-state index is 0.189. The molecule has 3 aromatic carbocycles. The molecule has 0 saturated carbocycles. The van der Waals surface area contributed by atoms with Gasteiger partial charge in [0, 0.05) is 36.2 Å². The first-order valence-electron chi connectivity index (χ1n) is 11.8. The van der Waals surface area contributed by atoms with Crippen LogP contribution in [0.2, 0.25) is 0 Å². The summed E-state index contributed by atoms with van der Waals surface area (Å²) in [4.78, 5) is 4.44. The fraction of sp³-hybridized carbons (Fsp3) is 0.321. The standard InChI is InChI=1S/C28H31NO7S/c1-28(2,3)18-6-4-5-16(24(18)34)14-29-9-10-37-27-23-21(33)12-17(30)13-22(23)36-26(25(27)35)15-7-8-19(31)20(32)11-15/h4-8,11-14,25-27,30-35H,9-10H2,1-3H3/t25-,26+,27-/m0/s1. The Hall–Kier alpha value is -3.56. The average Bonchev–Trinajstić information content (AvgIpc) is 2.81. The Balaban J connectivity index is 1.53. The van der Waals surface area contributed by atoms with E-state index in [9.17, 15) is 30.6 Å². The summed E-state index contributed by atoms with van der Waals surface area (Å²) in [5.74, 6) is -0.153. The number of aromatic hydroxyl groups is 5. The zero-order chi connectivity index (χ0) is 26.9. The molecule has 0 saturated heterocycles. The van der Waals surface area contributed by atoms with Gasteiger partial charge in [-0.3, -0.25) is 4.99 Å². The maximum Gasteiger partial charge on any atom is 0.157 e. The Morgan fingerprint density at radius 1 is 0.946 bits per heavy atom. The number of nitrogens with zero attached hydrogens (tertiary/aromatic N) is 1. The number of para-hydroxylation sites is 1. The Bertz CT molecular complexity index is 1320. The first-order valence-corrected chi connectivity index (χ1v) is 12.9. The number of ether oxygens (including phenoxy) is 1. The smallest absolute Gasteiger partial charge is 0.157 e. The average molecular weight is 526 g/mol. The quantitative estimate of drug-likeness (QED) is 0.152. The number of hydrogen-bond donors (Lipinski definition) is 6. The molecule has 3 atom stereocenters. The fourth-order valence-electron chi connectivity index (χ4n) is 4.35. The van der Waals surface area contributed by atoms with Crippen LogP contribution in [-0.2, 0) is 5.41 Å². The molecular weight excluding hydrogens is 494 g/mol. The van der Waals surface area contributed by atoms with Gasteiger partial charge in [-0.15, -0.1) is 11.8 Å². The second kappa shape index (κ2) is 10.4. The molecule has 1 heterocycles. The van der Waals surface area contributed by atoms with Gasteiger partial charge in [0.1, 0.15) is 29.1 Å². The first kappa shape index (κ1) is 26.5. The third kappa shape index (κ3) is 5.57. The van der Waals surface area contributed by atoms with Crippen LogP contribution in [0.25, 0.3) is 0 Å². The van der Waals surface area contributed by atoms with Gasteiger partial charge in [-0.05, 0) is 34.7 Å². The number of aliphatic hydroxyl groups is 1. The van der Waals surface area contributed by atoms with Gasteiger partial charge < -0.3 is 35.4 Å². The number of aliphatic hydroxyl groups excluding tert-OH is 1. The van der Waals surface area contributed by atoms with Crippen molar-refractivity contribution < 1.29 is 35.4 Å². The molecule has 0 bridgehead atoms. The molecule has 8 nitrogen and oxygen atoms in total. The predicted molar refractivity (Wildman–Crippen MR) is 143 cm³/mol. The lowest BCUT2D eigenvalue weighted by Gasteiger charge is -2.37. The largest absolute Gasteiger partial charge is 0.508 e. The van der Waals surface area contributed by atoms with Crippen LogP contribution in [0.3, 0.4) is 0 Å². The molecule has 3 aromatic rings. The second-order valence-corrected chi connectivity index (χ2v) is 11.2. The summed E-state index contributed by atoms with van der Waals surface area (Å²) in [6, 6.07) is 12.3. The van der Waals surface area contributed by atoms with Crippen molar-refractivity contribution in [2.45, 2.75) is 43.6 Å². The zero-order valence-corrected chi connectivity index (χ0v) is 21.6. The summed E-state index contributed by atoms with van der Waals surface area (Å²) in [6.45, 7) is 6.46. The fourth-order valence-corrected chi connectivity index (χ4v) is 5.56. The Kier molecular flexibility index (Phi) is 7.47. The van der Waals surface area contributed by atoms with Gasteiger partial charge in [-0.25, -0.2) is 0 Å². The van der Waals surface area contributed by atoms with E-state index in [1.165, 1.54) is 42.1 Å². The number of fused-ring (bicyclic) bond motifs is 1. The van der Waals surface area contributed by atoms with Crippen molar-refractivity contribution in [3.8, 4) is 34.5 Å². The molecule has 6 N–H and O–H groups in total. The molecule has 0 aliphatic carbocycles. The molecule has 9 heteroatoms. The topological polar surface area (TPSA) is 143 Å². The highest BCUT2D eigenvalue weighted by molar-refractivity contribution is 7.99. The summed E-state index contributed by atoms with van der Waals surface area (Å²) in [5, 5.41) is 61.3. The molecule has 4 rings (SSSR count). The second-order valence-electron chi connectivity index (χ2n) is 9.97. The molecule has 0 aromatic heterocycles. The van der Waals surface area contributed by atoms with Crippen LogP contribution in [0.15, 0.2) is 53.5 Å². The van der Waals surface area contributed by atoms with E-state index in [1.54, 1.807) is 12.3 Å². The molecule has 0 unspecified atom stereocenters. The number of benzene rings is 3. The lowest BCUT2D eigenvalue weighted by Crippen LogP contribution is -2.33. The van der Waals surface area contributed by atoms with Gasteiger partial charge in [0.25, 0.3) is 0 Å². The molecule has 196 valence electrons. The highest BCUT2D eigenvalue weighted by Gasteiger charge is 2.40. The maximum atomic E-state index is 11.2. The molecule has 0 radical (unpaired) electrons. The third-order valence-electron chi connectivity index (χ3n) is 6.22. The van der Waals surface area contributed by atoms with Crippen LogP contribution < -0.4 is 4.74 Å². The number of phenolic OH excluding ortho intramolecular Hbond substituents is 5. The monoisotopic (exact) mass is 525 g/mol. The van der Waals surface area contributed by atoms with E-state index in [1.807, 2.05) is 32.9 Å². The van der Waals surface area contributed by atoms with Crippen molar-refractivity contribution in [2.75, 3.05) is 12.3 Å². The number of hydrogen-bond acceptors (Lipinski definition) is 9. The number of phenols is 5. The van der Waals surface area contributed by atoms with E-state index in [2.05, 4.69) is 4.99 Å². The van der Waals surface area contributed by atoms with Gasteiger partial charge in [-0.2, -0.15) is 0 Å². The van der Waals surface area contributed by atoms with Crippen molar-refractivity contribution >= 4 is 18.0 Å². The van der Waals surface area contributed by atoms with Crippen molar-refractivity contribution in [1.29, 1.82) is 0 Å². The minimum atomic E-state index is -1.12. The predicted octanol–water partition coefficient (Wildman–Crippen LogP) is 4.90. The van der Waals surface area contributed by atoms with Crippen molar-refractivity contribution in [2.24, 2.45) is 4.99 Å². The highest BCUT2D eigenvalue weighted by Crippen LogP contribution is 2.52. The normalized spacial score (nSPS) is 19.5. The third-order valence-corrected chi connectivity index (χ3v) is 7.51. The maximum absolute atomic E-state index is 11.2. The van der Waals surface area contributed by atoms with E-state index in [-0.39, 0.29) is 39.9 Å². The Morgan fingerprint density at radius 2 is 1.70 bits per heavy atom. The summed E-state index contributed by atoms with van der Waals surface area (Å²) in [5.41, 5.74) is 2.02. The first-order chi connectivity index (χ1) is 17.5. The van der Waals surface area contributed by atoms with E-state index in [4.69, 9.17) is 4.74 Å². The van der Waals surface area contributed by atoms with Crippen LogP contribution in [0.4, 0.5) is 0 Å². The van der Waals surface area contributed by atoms with E-state index < -0.39 is 17.5 Å². The highest BCUT2D eigenvalue weighted by atomic mass is 32.2. The van der Waals surface area contributed by atoms with Gasteiger partial charge in [-0.1, -0.05) is 39.0 Å². The summed E-state index contributed by atoms with van der Waals surface area (Å²) in [6.07, 6.45) is -0.413. The van der Waals surface area contributed by atoms with Crippen LogP contribution in [-0.4, -0.2) is 55.3 Å². The molecule has 1 aliphatic rings. The summed E-state index contributed by atoms with van der Waals surface area (Å²) in [7, 11) is 0. The molecular formula is C28H31NO7S. The molecule has 37 heavy (non-hydrogen) atoms. The van der Waals surface area contributed by atoms with E-state index in [0.29, 0.717) is 29.0 Å². The number of aliphatic imine (C=N–C) groups is 1. The van der Waals surface area contributed by atoms with Crippen molar-refractivity contribution in [1.82, 2.24) is 0 Å². The van der Waals surface area contributed by atoms with Crippen molar-refractivity contribution in [3.05, 3.63) is 70.8 Å². The lowest BCUT2D eigenvalue weighted by atomic mass is 9.85. The lowest BCUT2D eigenvalue weighted by molar-refractivity contribution is 0.0174. The van der Waals surface area contributed by atoms with Crippen LogP contribution in [0.1, 0.15) is 54.4 Å². The van der Waals surface area contributed by atoms with E-state index >= 15 is 0 Å². The summed E-state index contributed by atoms with van der Waals surface area (Å²) >= 11 is 1.36. The van der Waals surface area contributed by atoms with E-state index in [0.717, 1.165) is 5.56 Å². The van der Waals surface area contributed by atoms with Gasteiger partial charge in [0.2, 0.25) is 0 Å². The Labute approximate surface area is 219 Å². The molecule has 0 spiro atoms. The Morgan fingerprint density at radius 3 is 2.41 bits per heavy atom. The van der Waals surface area contributed by atoms with Crippen LogP contribution >= 0.6 is 11.8 Å². The summed E-state index contributed by atoms with van der Waals surface area (Å²) < 4.78 is 5.92. The van der Waals surface area contributed by atoms with Gasteiger partial charge in [0.15, 0.2) is 17.6 Å². The zero-order valence-electron chi connectivity index (χ0n) is 20.8. The SMILES string of the molecule is CC(C)(C)c1cccc(C=NCCS[C@H]2c3c(O)cc(O)cc3O[C@H](c3ccc(O)c(O)c3)[C@@H]2O)c1O. The van der Waals surface area contributed by atoms with Gasteiger partial charge >= 0.3 is 0 Å². The van der Waals surface area contributed by atoms with Crippen LogP contribution in [0.5, 0.6) is 34.5 Å². The number of rotatable bonds is 6. The molecule has 0 amide bonds. The molecule has 0 fully saturated rings. The van der Waals surface area contributed by atoms with Gasteiger partial charge in [0.05, 0.1) is 10.8 Å².